The summed E-state index contributed by atoms with van der Waals surface area (Å²) in [6, 6.07) is 12.9. The van der Waals surface area contributed by atoms with Gasteiger partial charge in [0.15, 0.2) is 0 Å². The van der Waals surface area contributed by atoms with Crippen LogP contribution in [0.15, 0.2) is 42.6 Å². The van der Waals surface area contributed by atoms with Crippen LogP contribution in [0.1, 0.15) is 18.3 Å². The molecule has 1 N–H and O–H groups in total. The van der Waals surface area contributed by atoms with Gasteiger partial charge in [-0.05, 0) is 30.1 Å². The monoisotopic (exact) mass is 268 g/mol. The fourth-order valence-corrected chi connectivity index (χ4v) is 2.56. The van der Waals surface area contributed by atoms with E-state index in [0.717, 1.165) is 25.3 Å². The highest BCUT2D eigenvalue weighted by Gasteiger charge is 2.09. The van der Waals surface area contributed by atoms with Crippen LogP contribution in [0.5, 0.6) is 0 Å². The third kappa shape index (κ3) is 2.47. The Labute approximate surface area is 119 Å². The van der Waals surface area contributed by atoms with Gasteiger partial charge >= 0.3 is 0 Å². The molecular formula is C16H20N4. The van der Waals surface area contributed by atoms with Crippen LogP contribution in [0, 0.1) is 0 Å². The highest BCUT2D eigenvalue weighted by Crippen LogP contribution is 2.21. The van der Waals surface area contributed by atoms with E-state index in [1.165, 1.54) is 16.6 Å². The van der Waals surface area contributed by atoms with Gasteiger partial charge in [0.2, 0.25) is 0 Å². The van der Waals surface area contributed by atoms with E-state index in [1.807, 2.05) is 17.9 Å². The fourth-order valence-electron chi connectivity index (χ4n) is 2.56. The van der Waals surface area contributed by atoms with E-state index in [9.17, 15) is 0 Å². The van der Waals surface area contributed by atoms with Crippen molar-refractivity contribution in [2.45, 2.75) is 20.0 Å². The highest BCUT2D eigenvalue weighted by molar-refractivity contribution is 5.81. The largest absolute Gasteiger partial charge is 0.337 e. The second kappa shape index (κ2) is 5.51. The Kier molecular flexibility index (Phi) is 3.56. The van der Waals surface area contributed by atoms with E-state index in [0.29, 0.717) is 0 Å². The number of aromatic nitrogens is 3. The molecule has 0 saturated heterocycles. The van der Waals surface area contributed by atoms with Gasteiger partial charge in [-0.3, -0.25) is 4.68 Å². The molecule has 0 atom stereocenters. The van der Waals surface area contributed by atoms with Gasteiger partial charge in [0, 0.05) is 31.0 Å². The number of rotatable bonds is 5. The number of nitrogens with zero attached hydrogens (tertiary/aromatic N) is 3. The Balaban J connectivity index is 2.01. The van der Waals surface area contributed by atoms with Gasteiger partial charge in [0.1, 0.15) is 0 Å². The number of fused-ring (bicyclic) bond motifs is 1. The van der Waals surface area contributed by atoms with Crippen molar-refractivity contribution in [3.63, 3.8) is 0 Å². The van der Waals surface area contributed by atoms with Gasteiger partial charge in [0.25, 0.3) is 0 Å². The smallest absolute Gasteiger partial charge is 0.0821 e. The summed E-state index contributed by atoms with van der Waals surface area (Å²) in [4.78, 5) is 0. The summed E-state index contributed by atoms with van der Waals surface area (Å²) in [6.07, 6.45) is 1.99. The molecule has 0 aliphatic rings. The molecule has 2 aromatic heterocycles. The molecule has 2 heterocycles. The lowest BCUT2D eigenvalue weighted by Gasteiger charge is -2.09. The molecule has 0 radical (unpaired) electrons. The zero-order chi connectivity index (χ0) is 13.9. The van der Waals surface area contributed by atoms with Crippen LogP contribution in [0.3, 0.4) is 0 Å². The van der Waals surface area contributed by atoms with E-state index in [4.69, 9.17) is 0 Å². The molecule has 0 aliphatic carbocycles. The van der Waals surface area contributed by atoms with Crippen LogP contribution in [0.25, 0.3) is 10.9 Å². The molecule has 0 amide bonds. The SMILES string of the molecule is CCNCc1cc2ccccc2n1Cc1ccn(C)n1. The molecule has 0 spiro atoms. The number of hydrogen-bond donors (Lipinski definition) is 1. The van der Waals surface area contributed by atoms with Crippen LogP contribution >= 0.6 is 0 Å². The van der Waals surface area contributed by atoms with Crippen LogP contribution in [-0.2, 0) is 20.1 Å². The average Bonchev–Trinajstić information content (AvgIpc) is 3.02. The van der Waals surface area contributed by atoms with Crippen molar-refractivity contribution in [2.24, 2.45) is 7.05 Å². The lowest BCUT2D eigenvalue weighted by Crippen LogP contribution is -2.16. The average molecular weight is 268 g/mol. The Morgan fingerprint density at radius 2 is 2.05 bits per heavy atom. The van der Waals surface area contributed by atoms with Crippen LogP contribution in [0.2, 0.25) is 0 Å². The first-order valence-electron chi connectivity index (χ1n) is 7.04. The molecule has 1 aromatic carbocycles. The maximum absolute atomic E-state index is 4.49. The molecule has 0 unspecified atom stereocenters. The predicted octanol–water partition coefficient (Wildman–Crippen LogP) is 2.53. The Hall–Kier alpha value is -2.07. The van der Waals surface area contributed by atoms with Crippen molar-refractivity contribution < 1.29 is 0 Å². The van der Waals surface area contributed by atoms with Crippen molar-refractivity contribution in [1.29, 1.82) is 0 Å². The third-order valence-corrected chi connectivity index (χ3v) is 3.54. The summed E-state index contributed by atoms with van der Waals surface area (Å²) < 4.78 is 4.20. The minimum atomic E-state index is 0.815. The molecule has 20 heavy (non-hydrogen) atoms. The van der Waals surface area contributed by atoms with Gasteiger partial charge in [-0.15, -0.1) is 0 Å². The number of para-hydroxylation sites is 1. The minimum Gasteiger partial charge on any atom is -0.337 e. The molecular weight excluding hydrogens is 248 g/mol. The Morgan fingerprint density at radius 1 is 1.20 bits per heavy atom. The summed E-state index contributed by atoms with van der Waals surface area (Å²) in [5.74, 6) is 0. The van der Waals surface area contributed by atoms with E-state index >= 15 is 0 Å². The molecule has 3 rings (SSSR count). The summed E-state index contributed by atoms with van der Waals surface area (Å²) >= 11 is 0. The first kappa shape index (κ1) is 12.9. The van der Waals surface area contributed by atoms with Crippen LogP contribution in [0.4, 0.5) is 0 Å². The van der Waals surface area contributed by atoms with E-state index < -0.39 is 0 Å². The fraction of sp³-hybridized carbons (Fsp3) is 0.312. The second-order valence-corrected chi connectivity index (χ2v) is 5.04. The topological polar surface area (TPSA) is 34.8 Å². The summed E-state index contributed by atoms with van der Waals surface area (Å²) in [7, 11) is 1.96. The van der Waals surface area contributed by atoms with Crippen molar-refractivity contribution in [2.75, 3.05) is 6.54 Å². The van der Waals surface area contributed by atoms with E-state index in [-0.39, 0.29) is 0 Å². The third-order valence-electron chi connectivity index (χ3n) is 3.54. The molecule has 0 bridgehead atoms. The van der Waals surface area contributed by atoms with Crippen LogP contribution < -0.4 is 5.32 Å². The number of aryl methyl sites for hydroxylation is 1. The van der Waals surface area contributed by atoms with Gasteiger partial charge in [-0.1, -0.05) is 25.1 Å². The number of hydrogen-bond acceptors (Lipinski definition) is 2. The van der Waals surface area contributed by atoms with Crippen molar-refractivity contribution >= 4 is 10.9 Å². The summed E-state index contributed by atoms with van der Waals surface area (Å²) in [5.41, 5.74) is 3.66. The maximum atomic E-state index is 4.49. The van der Waals surface area contributed by atoms with Crippen LogP contribution in [-0.4, -0.2) is 20.9 Å². The number of benzene rings is 1. The zero-order valence-electron chi connectivity index (χ0n) is 12.0. The van der Waals surface area contributed by atoms with Gasteiger partial charge in [-0.2, -0.15) is 5.10 Å². The molecule has 104 valence electrons. The van der Waals surface area contributed by atoms with Gasteiger partial charge in [-0.25, -0.2) is 0 Å². The molecule has 0 saturated carbocycles. The molecule has 4 heteroatoms. The molecule has 3 aromatic rings. The second-order valence-electron chi connectivity index (χ2n) is 5.04. The quantitative estimate of drug-likeness (QED) is 0.771. The Morgan fingerprint density at radius 3 is 2.80 bits per heavy atom. The molecule has 0 aliphatic heterocycles. The summed E-state index contributed by atoms with van der Waals surface area (Å²) in [5, 5.41) is 9.19. The lowest BCUT2D eigenvalue weighted by atomic mass is 10.2. The lowest BCUT2D eigenvalue weighted by molar-refractivity contribution is 0.652. The molecule has 0 fully saturated rings. The summed E-state index contributed by atoms with van der Waals surface area (Å²) in [6.45, 7) is 4.81. The maximum Gasteiger partial charge on any atom is 0.0821 e. The van der Waals surface area contributed by atoms with Crippen molar-refractivity contribution in [3.05, 3.63) is 54.0 Å². The number of nitrogens with one attached hydrogen (secondary N) is 1. The van der Waals surface area contributed by atoms with Crippen molar-refractivity contribution in [1.82, 2.24) is 19.7 Å². The van der Waals surface area contributed by atoms with E-state index in [1.54, 1.807) is 0 Å². The van der Waals surface area contributed by atoms with E-state index in [2.05, 4.69) is 58.3 Å². The normalized spacial score (nSPS) is 11.3. The Bertz CT molecular complexity index is 708. The minimum absolute atomic E-state index is 0.815. The molecule has 4 nitrogen and oxygen atoms in total. The van der Waals surface area contributed by atoms with Gasteiger partial charge in [0.05, 0.1) is 12.2 Å². The zero-order valence-corrected chi connectivity index (χ0v) is 12.0. The highest BCUT2D eigenvalue weighted by atomic mass is 15.3. The van der Waals surface area contributed by atoms with Gasteiger partial charge < -0.3 is 9.88 Å². The first-order valence-corrected chi connectivity index (χ1v) is 7.04. The van der Waals surface area contributed by atoms with Crippen molar-refractivity contribution in [3.8, 4) is 0 Å². The predicted molar refractivity (Wildman–Crippen MR) is 81.6 cm³/mol. The first-order chi connectivity index (χ1) is 9.78. The standard InChI is InChI=1S/C16H20N4/c1-3-17-11-15-10-13-6-4-5-7-16(13)20(15)12-14-8-9-19(2)18-14/h4-10,17H,3,11-12H2,1-2H3.